The summed E-state index contributed by atoms with van der Waals surface area (Å²) < 4.78 is 13.0. The van der Waals surface area contributed by atoms with E-state index in [0.29, 0.717) is 15.7 Å². The van der Waals surface area contributed by atoms with Crippen molar-refractivity contribution in [2.24, 2.45) is 5.73 Å². The molecule has 0 atom stereocenters. The fraction of sp³-hybridized carbons (Fsp3) is 0.0714. The number of nitrogens with two attached hydrogens (primary N) is 1. The Kier molecular flexibility index (Phi) is 4.02. The predicted molar refractivity (Wildman–Crippen MR) is 81.8 cm³/mol. The minimum Gasteiger partial charge on any atom is -0.389 e. The molecule has 0 fully saturated rings. The molecule has 3 N–H and O–H groups in total. The first-order valence-corrected chi connectivity index (χ1v) is 6.38. The van der Waals surface area contributed by atoms with Gasteiger partial charge in [-0.15, -0.1) is 0 Å². The van der Waals surface area contributed by atoms with Crippen molar-refractivity contribution in [1.82, 2.24) is 0 Å². The van der Waals surface area contributed by atoms with Crippen LogP contribution in [0, 0.1) is 12.7 Å². The highest BCUT2D eigenvalue weighted by atomic mass is 35.5. The molecule has 0 saturated heterocycles. The molecule has 19 heavy (non-hydrogen) atoms. The lowest BCUT2D eigenvalue weighted by Crippen LogP contribution is -2.12. The molecule has 2 aromatic rings. The van der Waals surface area contributed by atoms with Gasteiger partial charge in [0.2, 0.25) is 0 Å². The van der Waals surface area contributed by atoms with E-state index in [-0.39, 0.29) is 5.82 Å². The van der Waals surface area contributed by atoms with Crippen LogP contribution in [-0.2, 0) is 0 Å². The van der Waals surface area contributed by atoms with Crippen molar-refractivity contribution in [2.75, 3.05) is 5.32 Å². The first-order chi connectivity index (χ1) is 8.97. The van der Waals surface area contributed by atoms with Crippen LogP contribution in [-0.4, -0.2) is 4.99 Å². The van der Waals surface area contributed by atoms with Gasteiger partial charge in [0.15, 0.2) is 0 Å². The molecule has 0 aliphatic heterocycles. The zero-order chi connectivity index (χ0) is 14.0. The van der Waals surface area contributed by atoms with E-state index >= 15 is 0 Å². The average molecular weight is 295 g/mol. The van der Waals surface area contributed by atoms with Gasteiger partial charge >= 0.3 is 0 Å². The van der Waals surface area contributed by atoms with E-state index in [2.05, 4.69) is 5.32 Å². The van der Waals surface area contributed by atoms with E-state index in [1.165, 1.54) is 12.1 Å². The van der Waals surface area contributed by atoms with Gasteiger partial charge in [-0.25, -0.2) is 4.39 Å². The topological polar surface area (TPSA) is 38.0 Å². The van der Waals surface area contributed by atoms with Crippen molar-refractivity contribution in [3.63, 3.8) is 0 Å². The Balaban J connectivity index is 2.40. The zero-order valence-corrected chi connectivity index (χ0v) is 11.8. The Morgan fingerprint density at radius 3 is 2.53 bits per heavy atom. The van der Waals surface area contributed by atoms with Crippen LogP contribution in [0.25, 0.3) is 0 Å². The molecule has 0 radical (unpaired) electrons. The summed E-state index contributed by atoms with van der Waals surface area (Å²) in [5.41, 5.74) is 8.83. The van der Waals surface area contributed by atoms with Gasteiger partial charge < -0.3 is 11.1 Å². The maximum absolute atomic E-state index is 13.0. The first kappa shape index (κ1) is 13.8. The molecule has 5 heteroatoms. The smallest absolute Gasteiger partial charge is 0.124 e. The molecule has 0 aliphatic carbocycles. The fourth-order valence-corrected chi connectivity index (χ4v) is 2.09. The summed E-state index contributed by atoms with van der Waals surface area (Å²) in [6, 6.07) is 9.84. The van der Waals surface area contributed by atoms with E-state index in [9.17, 15) is 4.39 Å². The molecule has 0 aliphatic rings. The number of halogens is 2. The summed E-state index contributed by atoms with van der Waals surface area (Å²) >= 11 is 11.0. The largest absolute Gasteiger partial charge is 0.389 e. The van der Waals surface area contributed by atoms with Crippen LogP contribution in [0.15, 0.2) is 36.4 Å². The third-order valence-corrected chi connectivity index (χ3v) is 3.17. The van der Waals surface area contributed by atoms with Gasteiger partial charge in [-0.3, -0.25) is 0 Å². The summed E-state index contributed by atoms with van der Waals surface area (Å²) in [5, 5.41) is 3.41. The number of hydrogen-bond acceptors (Lipinski definition) is 2. The summed E-state index contributed by atoms with van der Waals surface area (Å²) in [4.78, 5) is 0.296. The molecule has 2 rings (SSSR count). The lowest BCUT2D eigenvalue weighted by Gasteiger charge is -2.13. The lowest BCUT2D eigenvalue weighted by atomic mass is 10.1. The Labute approximate surface area is 121 Å². The SMILES string of the molecule is Cc1ccc(Nc2ccc(F)cc2Cl)c(C(N)=S)c1. The highest BCUT2D eigenvalue weighted by molar-refractivity contribution is 7.80. The first-order valence-electron chi connectivity index (χ1n) is 5.60. The number of benzene rings is 2. The summed E-state index contributed by atoms with van der Waals surface area (Å²) in [7, 11) is 0. The molecule has 98 valence electrons. The number of anilines is 2. The summed E-state index contributed by atoms with van der Waals surface area (Å²) in [5.74, 6) is -0.381. The molecule has 0 bridgehead atoms. The standard InChI is InChI=1S/C14H12ClFN2S/c1-8-2-4-12(10(6-8)14(17)19)18-13-5-3-9(16)7-11(13)15/h2-7,18H,1H3,(H2,17,19). The van der Waals surface area contributed by atoms with E-state index < -0.39 is 0 Å². The van der Waals surface area contributed by atoms with Crippen LogP contribution in [0.5, 0.6) is 0 Å². The molecule has 2 nitrogen and oxygen atoms in total. The third-order valence-electron chi connectivity index (χ3n) is 2.64. The van der Waals surface area contributed by atoms with Gasteiger partial charge in [-0.05, 0) is 37.3 Å². The Hall–Kier alpha value is -1.65. The van der Waals surface area contributed by atoms with E-state index in [0.717, 1.165) is 16.8 Å². The van der Waals surface area contributed by atoms with Crippen LogP contribution in [0.4, 0.5) is 15.8 Å². The summed E-state index contributed by atoms with van der Waals surface area (Å²) in [6.45, 7) is 1.95. The Morgan fingerprint density at radius 1 is 1.21 bits per heavy atom. The highest BCUT2D eigenvalue weighted by Crippen LogP contribution is 2.28. The average Bonchev–Trinajstić information content (AvgIpc) is 2.34. The number of hydrogen-bond donors (Lipinski definition) is 2. The van der Waals surface area contributed by atoms with Crippen molar-refractivity contribution in [2.45, 2.75) is 6.92 Å². The molecule has 0 saturated carbocycles. The minimum absolute atomic E-state index is 0.296. The van der Waals surface area contributed by atoms with E-state index in [1.807, 2.05) is 25.1 Å². The maximum Gasteiger partial charge on any atom is 0.124 e. The molecule has 0 unspecified atom stereocenters. The lowest BCUT2D eigenvalue weighted by molar-refractivity contribution is 0.628. The van der Waals surface area contributed by atoms with E-state index in [1.54, 1.807) is 6.07 Å². The van der Waals surface area contributed by atoms with Crippen molar-refractivity contribution in [3.8, 4) is 0 Å². The quantitative estimate of drug-likeness (QED) is 0.835. The molecule has 2 aromatic carbocycles. The van der Waals surface area contributed by atoms with Crippen LogP contribution in [0.2, 0.25) is 5.02 Å². The van der Waals surface area contributed by atoms with Gasteiger partial charge in [0.1, 0.15) is 10.8 Å². The highest BCUT2D eigenvalue weighted by Gasteiger charge is 2.08. The van der Waals surface area contributed by atoms with Gasteiger partial charge in [0.05, 0.1) is 10.7 Å². The van der Waals surface area contributed by atoms with Crippen molar-refractivity contribution in [3.05, 3.63) is 58.4 Å². The second-order valence-electron chi connectivity index (χ2n) is 4.16. The maximum atomic E-state index is 13.0. The van der Waals surface area contributed by atoms with Crippen LogP contribution in [0.1, 0.15) is 11.1 Å². The fourth-order valence-electron chi connectivity index (χ4n) is 1.71. The Morgan fingerprint density at radius 2 is 1.89 bits per heavy atom. The molecular weight excluding hydrogens is 283 g/mol. The molecule has 0 heterocycles. The number of thiocarbonyl (C=S) groups is 1. The van der Waals surface area contributed by atoms with Crippen LogP contribution >= 0.6 is 23.8 Å². The molecular formula is C14H12ClFN2S. The van der Waals surface area contributed by atoms with Crippen LogP contribution < -0.4 is 11.1 Å². The van der Waals surface area contributed by atoms with Crippen molar-refractivity contribution in [1.29, 1.82) is 0 Å². The third kappa shape index (κ3) is 3.22. The minimum atomic E-state index is -0.381. The summed E-state index contributed by atoms with van der Waals surface area (Å²) in [6.07, 6.45) is 0. The van der Waals surface area contributed by atoms with Crippen molar-refractivity contribution < 1.29 is 4.39 Å². The molecule has 0 spiro atoms. The van der Waals surface area contributed by atoms with Gasteiger partial charge in [-0.2, -0.15) is 0 Å². The van der Waals surface area contributed by atoms with E-state index in [4.69, 9.17) is 29.6 Å². The van der Waals surface area contributed by atoms with Crippen LogP contribution in [0.3, 0.4) is 0 Å². The normalized spacial score (nSPS) is 10.3. The van der Waals surface area contributed by atoms with Gasteiger partial charge in [-0.1, -0.05) is 35.4 Å². The number of nitrogens with one attached hydrogen (secondary N) is 1. The molecule has 0 amide bonds. The van der Waals surface area contributed by atoms with Gasteiger partial charge in [0.25, 0.3) is 0 Å². The second-order valence-corrected chi connectivity index (χ2v) is 5.01. The van der Waals surface area contributed by atoms with Crippen molar-refractivity contribution >= 4 is 40.2 Å². The number of aryl methyl sites for hydroxylation is 1. The van der Waals surface area contributed by atoms with Gasteiger partial charge in [0, 0.05) is 11.3 Å². The Bertz CT molecular complexity index is 643. The monoisotopic (exact) mass is 294 g/mol. The molecule has 0 aromatic heterocycles. The predicted octanol–water partition coefficient (Wildman–Crippen LogP) is 4.17. The zero-order valence-electron chi connectivity index (χ0n) is 10.2. The number of rotatable bonds is 3. The second kappa shape index (κ2) is 5.55.